The van der Waals surface area contributed by atoms with E-state index in [9.17, 15) is 9.18 Å². The van der Waals surface area contributed by atoms with Crippen LogP contribution in [0.15, 0.2) is 48.7 Å². The zero-order valence-electron chi connectivity index (χ0n) is 8.35. The molecular formula is C12H9FN2O. The molecule has 0 radical (unpaired) electrons. The van der Waals surface area contributed by atoms with E-state index in [1.54, 1.807) is 24.4 Å². The number of carbonyl (C=O) groups is 1. The Hall–Kier alpha value is -2.23. The van der Waals surface area contributed by atoms with Gasteiger partial charge in [0.1, 0.15) is 11.6 Å². The van der Waals surface area contributed by atoms with Gasteiger partial charge in [-0.2, -0.15) is 0 Å². The maximum Gasteiger partial charge on any atom is 0.256 e. The molecule has 0 bridgehead atoms. The van der Waals surface area contributed by atoms with Crippen molar-refractivity contribution < 1.29 is 9.18 Å². The van der Waals surface area contributed by atoms with Crippen LogP contribution in [0.4, 0.5) is 10.2 Å². The maximum absolute atomic E-state index is 12.6. The summed E-state index contributed by atoms with van der Waals surface area (Å²) >= 11 is 0. The standard InChI is InChI=1S/C12H9FN2O/c13-10-6-4-9(5-7-10)12(16)15-11-3-1-2-8-14-11/h1-8H,(H,14,15,16). The van der Waals surface area contributed by atoms with E-state index in [4.69, 9.17) is 0 Å². The molecule has 0 aliphatic rings. The van der Waals surface area contributed by atoms with Crippen LogP contribution in [-0.2, 0) is 0 Å². The van der Waals surface area contributed by atoms with Crippen LogP contribution in [0.3, 0.4) is 0 Å². The highest BCUT2D eigenvalue weighted by Crippen LogP contribution is 2.06. The molecule has 1 amide bonds. The van der Waals surface area contributed by atoms with E-state index in [2.05, 4.69) is 10.3 Å². The maximum atomic E-state index is 12.6. The largest absolute Gasteiger partial charge is 0.307 e. The Bertz CT molecular complexity index is 482. The molecule has 3 nitrogen and oxygen atoms in total. The second kappa shape index (κ2) is 4.53. The summed E-state index contributed by atoms with van der Waals surface area (Å²) in [6, 6.07) is 10.5. The number of anilines is 1. The highest BCUT2D eigenvalue weighted by Gasteiger charge is 2.05. The number of aromatic nitrogens is 1. The van der Waals surface area contributed by atoms with Gasteiger partial charge in [-0.15, -0.1) is 0 Å². The summed E-state index contributed by atoms with van der Waals surface area (Å²) < 4.78 is 12.6. The number of pyridine rings is 1. The molecule has 80 valence electrons. The molecule has 0 spiro atoms. The minimum absolute atomic E-state index is 0.307. The fourth-order valence-corrected chi connectivity index (χ4v) is 1.23. The van der Waals surface area contributed by atoms with Crippen LogP contribution < -0.4 is 5.32 Å². The third-order valence-electron chi connectivity index (χ3n) is 2.01. The molecule has 0 aliphatic heterocycles. The molecule has 0 fully saturated rings. The molecule has 2 aromatic rings. The summed E-state index contributed by atoms with van der Waals surface area (Å²) in [4.78, 5) is 15.6. The van der Waals surface area contributed by atoms with Gasteiger partial charge in [0.05, 0.1) is 0 Å². The number of nitrogens with one attached hydrogen (secondary N) is 1. The van der Waals surface area contributed by atoms with E-state index in [1.807, 2.05) is 0 Å². The van der Waals surface area contributed by atoms with Crippen molar-refractivity contribution in [2.75, 3.05) is 5.32 Å². The van der Waals surface area contributed by atoms with Crippen LogP contribution in [-0.4, -0.2) is 10.9 Å². The van der Waals surface area contributed by atoms with Crippen molar-refractivity contribution in [2.45, 2.75) is 0 Å². The number of hydrogen-bond acceptors (Lipinski definition) is 2. The van der Waals surface area contributed by atoms with Crippen molar-refractivity contribution in [3.8, 4) is 0 Å². The van der Waals surface area contributed by atoms with Crippen molar-refractivity contribution in [2.24, 2.45) is 0 Å². The molecule has 1 heterocycles. The smallest absolute Gasteiger partial charge is 0.256 e. The molecule has 1 N–H and O–H groups in total. The van der Waals surface area contributed by atoms with Crippen LogP contribution in [0.25, 0.3) is 0 Å². The highest BCUT2D eigenvalue weighted by molar-refractivity contribution is 6.03. The molecule has 0 saturated carbocycles. The summed E-state index contributed by atoms with van der Waals surface area (Å²) in [6.45, 7) is 0. The third kappa shape index (κ3) is 2.42. The zero-order chi connectivity index (χ0) is 11.4. The van der Waals surface area contributed by atoms with Gasteiger partial charge in [-0.25, -0.2) is 9.37 Å². The molecule has 1 aromatic carbocycles. The molecular weight excluding hydrogens is 207 g/mol. The lowest BCUT2D eigenvalue weighted by atomic mass is 10.2. The Labute approximate surface area is 92.0 Å². The Balaban J connectivity index is 2.12. The van der Waals surface area contributed by atoms with Gasteiger partial charge in [0.25, 0.3) is 5.91 Å². The van der Waals surface area contributed by atoms with Gasteiger partial charge in [-0.1, -0.05) is 6.07 Å². The Morgan fingerprint density at radius 3 is 2.50 bits per heavy atom. The first-order valence-electron chi connectivity index (χ1n) is 4.73. The van der Waals surface area contributed by atoms with Crippen molar-refractivity contribution >= 4 is 11.7 Å². The predicted octanol–water partition coefficient (Wildman–Crippen LogP) is 2.47. The lowest BCUT2D eigenvalue weighted by molar-refractivity contribution is 0.102. The molecule has 0 saturated heterocycles. The van der Waals surface area contributed by atoms with Crippen LogP contribution in [0, 0.1) is 5.82 Å². The first-order chi connectivity index (χ1) is 7.75. The van der Waals surface area contributed by atoms with Gasteiger partial charge < -0.3 is 5.32 Å². The first kappa shape index (κ1) is 10.3. The van der Waals surface area contributed by atoms with Crippen LogP contribution >= 0.6 is 0 Å². The minimum Gasteiger partial charge on any atom is -0.307 e. The number of rotatable bonds is 2. The molecule has 16 heavy (non-hydrogen) atoms. The molecule has 1 aromatic heterocycles. The third-order valence-corrected chi connectivity index (χ3v) is 2.01. The lowest BCUT2D eigenvalue weighted by Crippen LogP contribution is -2.12. The van der Waals surface area contributed by atoms with Crippen molar-refractivity contribution in [1.29, 1.82) is 0 Å². The quantitative estimate of drug-likeness (QED) is 0.837. The van der Waals surface area contributed by atoms with E-state index in [1.165, 1.54) is 24.3 Å². The van der Waals surface area contributed by atoms with Gasteiger partial charge in [0.15, 0.2) is 0 Å². The number of benzene rings is 1. The molecule has 2 rings (SSSR count). The number of hydrogen-bond donors (Lipinski definition) is 1. The van der Waals surface area contributed by atoms with E-state index in [0.29, 0.717) is 11.4 Å². The average molecular weight is 216 g/mol. The first-order valence-corrected chi connectivity index (χ1v) is 4.73. The minimum atomic E-state index is -0.366. The fourth-order valence-electron chi connectivity index (χ4n) is 1.23. The van der Waals surface area contributed by atoms with E-state index in [0.717, 1.165) is 0 Å². The van der Waals surface area contributed by atoms with Gasteiger partial charge in [0.2, 0.25) is 0 Å². The monoisotopic (exact) mass is 216 g/mol. The van der Waals surface area contributed by atoms with Crippen molar-refractivity contribution in [1.82, 2.24) is 4.98 Å². The summed E-state index contributed by atoms with van der Waals surface area (Å²) in [6.07, 6.45) is 1.58. The second-order valence-corrected chi connectivity index (χ2v) is 3.18. The topological polar surface area (TPSA) is 42.0 Å². The summed E-state index contributed by atoms with van der Waals surface area (Å²) in [7, 11) is 0. The molecule has 0 unspecified atom stereocenters. The molecule has 0 atom stereocenters. The second-order valence-electron chi connectivity index (χ2n) is 3.18. The Kier molecular flexibility index (Phi) is 2.91. The van der Waals surface area contributed by atoms with Crippen molar-refractivity contribution in [3.05, 3.63) is 60.0 Å². The summed E-state index contributed by atoms with van der Waals surface area (Å²) in [5, 5.41) is 2.61. The lowest BCUT2D eigenvalue weighted by Gasteiger charge is -2.03. The normalized spacial score (nSPS) is 9.81. The number of amides is 1. The number of carbonyl (C=O) groups excluding carboxylic acids is 1. The van der Waals surface area contributed by atoms with Crippen LogP contribution in [0.2, 0.25) is 0 Å². The number of nitrogens with zero attached hydrogens (tertiary/aromatic N) is 1. The SMILES string of the molecule is O=C(Nc1ccccn1)c1ccc(F)cc1. The Morgan fingerprint density at radius 1 is 1.12 bits per heavy atom. The van der Waals surface area contributed by atoms with Crippen molar-refractivity contribution in [3.63, 3.8) is 0 Å². The van der Waals surface area contributed by atoms with Gasteiger partial charge >= 0.3 is 0 Å². The van der Waals surface area contributed by atoms with E-state index >= 15 is 0 Å². The van der Waals surface area contributed by atoms with Gasteiger partial charge in [-0.3, -0.25) is 4.79 Å². The van der Waals surface area contributed by atoms with Crippen LogP contribution in [0.1, 0.15) is 10.4 Å². The number of halogens is 1. The molecule has 4 heteroatoms. The molecule has 0 aliphatic carbocycles. The Morgan fingerprint density at radius 2 is 1.88 bits per heavy atom. The van der Waals surface area contributed by atoms with E-state index < -0.39 is 0 Å². The summed E-state index contributed by atoms with van der Waals surface area (Å²) in [5.41, 5.74) is 0.395. The van der Waals surface area contributed by atoms with Crippen LogP contribution in [0.5, 0.6) is 0 Å². The van der Waals surface area contributed by atoms with E-state index in [-0.39, 0.29) is 11.7 Å². The predicted molar refractivity (Wildman–Crippen MR) is 58.6 cm³/mol. The highest BCUT2D eigenvalue weighted by atomic mass is 19.1. The zero-order valence-corrected chi connectivity index (χ0v) is 8.35. The average Bonchev–Trinajstić information content (AvgIpc) is 2.31. The fraction of sp³-hybridized carbons (Fsp3) is 0. The summed E-state index contributed by atoms with van der Waals surface area (Å²) in [5.74, 6) is -0.204. The van der Waals surface area contributed by atoms with Gasteiger partial charge in [-0.05, 0) is 36.4 Å². The van der Waals surface area contributed by atoms with Gasteiger partial charge in [0, 0.05) is 11.8 Å².